The van der Waals surface area contributed by atoms with Crippen LogP contribution < -0.4 is 10.5 Å². The van der Waals surface area contributed by atoms with Gasteiger partial charge in [-0.3, -0.25) is 4.39 Å². The number of aliphatic hydroxyl groups is 1. The first-order valence-electron chi connectivity index (χ1n) is 7.14. The first-order chi connectivity index (χ1) is 10.7. The zero-order chi connectivity index (χ0) is 15.8. The van der Waals surface area contributed by atoms with Crippen LogP contribution in [0.2, 0.25) is 0 Å². The molecule has 0 heterocycles. The lowest BCUT2D eigenvalue weighted by Gasteiger charge is -2.11. The van der Waals surface area contributed by atoms with Gasteiger partial charge in [-0.25, -0.2) is 0 Å². The number of ether oxygens (including phenoxy) is 1. The third-order valence-electron chi connectivity index (χ3n) is 3.25. The number of nitrogen functional groups attached to an aromatic ring is 1. The van der Waals surface area contributed by atoms with E-state index in [4.69, 9.17) is 15.6 Å². The maximum Gasteiger partial charge on any atom is 0.119 e. The van der Waals surface area contributed by atoms with Crippen LogP contribution in [-0.4, -0.2) is 25.0 Å². The molecule has 0 fully saturated rings. The predicted octanol–water partition coefficient (Wildman–Crippen LogP) is 3.40. The minimum atomic E-state index is -0.584. The topological polar surface area (TPSA) is 55.5 Å². The van der Waals surface area contributed by atoms with E-state index >= 15 is 0 Å². The van der Waals surface area contributed by atoms with Gasteiger partial charge in [0.15, 0.2) is 0 Å². The number of rotatable bonds is 7. The molecule has 0 saturated heterocycles. The minimum Gasteiger partial charge on any atom is -0.493 e. The van der Waals surface area contributed by atoms with E-state index in [1.54, 1.807) is 0 Å². The van der Waals surface area contributed by atoms with Crippen molar-refractivity contribution >= 4 is 17.8 Å². The highest BCUT2D eigenvalue weighted by Gasteiger charge is 2.07. The molecule has 0 aliphatic carbocycles. The Morgan fingerprint density at radius 2 is 1.55 bits per heavy atom. The Morgan fingerprint density at radius 1 is 1.00 bits per heavy atom. The Labute approximate surface area is 129 Å². The molecular weight excluding hydrogens is 281 g/mol. The molecule has 4 heteroatoms. The lowest BCUT2D eigenvalue weighted by Crippen LogP contribution is -2.17. The summed E-state index contributed by atoms with van der Waals surface area (Å²) in [6, 6.07) is 15.1. The summed E-state index contributed by atoms with van der Waals surface area (Å²) in [5.74, 6) is 0.196. The highest BCUT2D eigenvalue weighted by Crippen LogP contribution is 2.16. The van der Waals surface area contributed by atoms with Crippen molar-refractivity contribution in [3.8, 4) is 5.75 Å². The van der Waals surface area contributed by atoms with E-state index < -0.39 is 12.6 Å². The van der Waals surface area contributed by atoms with E-state index in [0.717, 1.165) is 16.8 Å². The van der Waals surface area contributed by atoms with Crippen molar-refractivity contribution in [1.29, 1.82) is 0 Å². The van der Waals surface area contributed by atoms with E-state index in [9.17, 15) is 4.39 Å². The zero-order valence-electron chi connectivity index (χ0n) is 12.3. The standard InChI is InChI=1S/C18H20FNO2/c19-11-16(12-21)13-22-18-9-5-15(6-10-18)2-1-14-3-7-17(20)8-4-14/h1-10,16,21H,11-13,20H2/b2-1+. The van der Waals surface area contributed by atoms with E-state index in [1.807, 2.05) is 60.7 Å². The second kappa shape index (κ2) is 8.20. The zero-order valence-corrected chi connectivity index (χ0v) is 12.3. The summed E-state index contributed by atoms with van der Waals surface area (Å²) >= 11 is 0. The lowest BCUT2D eigenvalue weighted by molar-refractivity contribution is 0.140. The summed E-state index contributed by atoms with van der Waals surface area (Å²) in [4.78, 5) is 0. The average molecular weight is 301 g/mol. The molecule has 0 aliphatic rings. The van der Waals surface area contributed by atoms with Crippen LogP contribution in [0.15, 0.2) is 48.5 Å². The lowest BCUT2D eigenvalue weighted by atomic mass is 10.1. The number of benzene rings is 2. The maximum absolute atomic E-state index is 12.5. The number of halogens is 1. The molecule has 2 aromatic carbocycles. The summed E-state index contributed by atoms with van der Waals surface area (Å²) in [6.07, 6.45) is 3.99. The van der Waals surface area contributed by atoms with Gasteiger partial charge in [0, 0.05) is 11.6 Å². The van der Waals surface area contributed by atoms with Gasteiger partial charge in [-0.2, -0.15) is 0 Å². The first kappa shape index (κ1) is 16.0. The molecule has 0 aliphatic heterocycles. The van der Waals surface area contributed by atoms with E-state index in [-0.39, 0.29) is 13.2 Å². The van der Waals surface area contributed by atoms with Gasteiger partial charge in [-0.15, -0.1) is 0 Å². The first-order valence-corrected chi connectivity index (χ1v) is 7.14. The number of alkyl halides is 1. The number of nitrogens with two attached hydrogens (primary N) is 1. The molecule has 2 aromatic rings. The molecule has 3 N–H and O–H groups in total. The summed E-state index contributed by atoms with van der Waals surface area (Å²) in [5, 5.41) is 8.91. The number of hydrogen-bond donors (Lipinski definition) is 2. The third-order valence-corrected chi connectivity index (χ3v) is 3.25. The van der Waals surface area contributed by atoms with Crippen LogP contribution in [0.3, 0.4) is 0 Å². The smallest absolute Gasteiger partial charge is 0.119 e. The van der Waals surface area contributed by atoms with Crippen LogP contribution in [0.1, 0.15) is 11.1 Å². The maximum atomic E-state index is 12.5. The van der Waals surface area contributed by atoms with Gasteiger partial charge in [-0.1, -0.05) is 36.4 Å². The van der Waals surface area contributed by atoms with Crippen LogP contribution in [0, 0.1) is 5.92 Å². The second-order valence-electron chi connectivity index (χ2n) is 5.08. The third kappa shape index (κ3) is 4.90. The highest BCUT2D eigenvalue weighted by atomic mass is 19.1. The molecule has 3 nitrogen and oxygen atoms in total. The van der Waals surface area contributed by atoms with Crippen LogP contribution in [0.5, 0.6) is 5.75 Å². The monoisotopic (exact) mass is 301 g/mol. The largest absolute Gasteiger partial charge is 0.493 e. The summed E-state index contributed by atoms with van der Waals surface area (Å²) in [7, 11) is 0. The average Bonchev–Trinajstić information content (AvgIpc) is 2.56. The molecule has 0 spiro atoms. The molecule has 2 rings (SSSR count). The molecule has 0 bridgehead atoms. The van der Waals surface area contributed by atoms with Crippen molar-refractivity contribution in [1.82, 2.24) is 0 Å². The fourth-order valence-corrected chi connectivity index (χ4v) is 1.83. The van der Waals surface area contributed by atoms with E-state index in [1.165, 1.54) is 0 Å². The number of aliphatic hydroxyl groups excluding tert-OH is 1. The number of anilines is 1. The van der Waals surface area contributed by atoms with Crippen LogP contribution >= 0.6 is 0 Å². The fraction of sp³-hybridized carbons (Fsp3) is 0.222. The molecule has 22 heavy (non-hydrogen) atoms. The second-order valence-corrected chi connectivity index (χ2v) is 5.08. The van der Waals surface area contributed by atoms with Gasteiger partial charge in [0.2, 0.25) is 0 Å². The molecule has 0 aromatic heterocycles. The quantitative estimate of drug-likeness (QED) is 0.609. The fourth-order valence-electron chi connectivity index (χ4n) is 1.83. The van der Waals surface area contributed by atoms with Crippen LogP contribution in [-0.2, 0) is 0 Å². The molecule has 0 amide bonds. The van der Waals surface area contributed by atoms with Crippen molar-refractivity contribution in [3.05, 3.63) is 59.7 Å². The van der Waals surface area contributed by atoms with Crippen molar-refractivity contribution < 1.29 is 14.2 Å². The number of hydrogen-bond acceptors (Lipinski definition) is 3. The Kier molecular flexibility index (Phi) is 5.98. The van der Waals surface area contributed by atoms with Crippen LogP contribution in [0.4, 0.5) is 10.1 Å². The van der Waals surface area contributed by atoms with E-state index in [2.05, 4.69) is 0 Å². The Morgan fingerprint density at radius 3 is 2.05 bits per heavy atom. The van der Waals surface area contributed by atoms with Crippen molar-refractivity contribution in [2.45, 2.75) is 0 Å². The van der Waals surface area contributed by atoms with Gasteiger partial charge < -0.3 is 15.6 Å². The molecular formula is C18H20FNO2. The normalized spacial score (nSPS) is 12.5. The van der Waals surface area contributed by atoms with Crippen molar-refractivity contribution in [3.63, 3.8) is 0 Å². The van der Waals surface area contributed by atoms with Gasteiger partial charge >= 0.3 is 0 Å². The molecule has 0 radical (unpaired) electrons. The van der Waals surface area contributed by atoms with Gasteiger partial charge in [0.25, 0.3) is 0 Å². The van der Waals surface area contributed by atoms with E-state index in [0.29, 0.717) is 5.75 Å². The molecule has 1 unspecified atom stereocenters. The Bertz CT molecular complexity index is 589. The SMILES string of the molecule is Nc1ccc(/C=C/c2ccc(OCC(CO)CF)cc2)cc1. The van der Waals surface area contributed by atoms with Gasteiger partial charge in [0.1, 0.15) is 5.75 Å². The Balaban J connectivity index is 1.92. The highest BCUT2D eigenvalue weighted by molar-refractivity contribution is 5.70. The van der Waals surface area contributed by atoms with Gasteiger partial charge in [-0.05, 0) is 35.4 Å². The summed E-state index contributed by atoms with van der Waals surface area (Å²) in [6.45, 7) is -0.620. The van der Waals surface area contributed by atoms with Crippen molar-refractivity contribution in [2.24, 2.45) is 5.92 Å². The Hall–Kier alpha value is -2.33. The summed E-state index contributed by atoms with van der Waals surface area (Å²) < 4.78 is 17.9. The molecule has 0 saturated carbocycles. The van der Waals surface area contributed by atoms with Crippen molar-refractivity contribution in [2.75, 3.05) is 25.6 Å². The molecule has 1 atom stereocenters. The van der Waals surface area contributed by atoms with Crippen LogP contribution in [0.25, 0.3) is 12.2 Å². The summed E-state index contributed by atoms with van der Waals surface area (Å²) in [5.41, 5.74) is 8.49. The minimum absolute atomic E-state index is 0.174. The predicted molar refractivity (Wildman–Crippen MR) is 88.3 cm³/mol. The van der Waals surface area contributed by atoms with Gasteiger partial charge in [0.05, 0.1) is 19.9 Å². The molecule has 116 valence electrons.